The normalized spacial score (nSPS) is 14.5. The zero-order chi connectivity index (χ0) is 36.7. The van der Waals surface area contributed by atoms with Gasteiger partial charge < -0.3 is 13.7 Å². The lowest BCUT2D eigenvalue weighted by molar-refractivity contribution is 0.640. The molecule has 4 heteroatoms. The minimum atomic E-state index is -0.165. The Morgan fingerprint density at radius 1 is 0.600 bits per heavy atom. The number of nitrogens with zero attached hydrogens (tertiary/aromatic N) is 3. The third-order valence-corrected chi connectivity index (χ3v) is 13.6. The largest absolute Gasteiger partial charge is 0.314 e. The molecule has 55 heavy (non-hydrogen) atoms. The van der Waals surface area contributed by atoms with Gasteiger partial charge in [-0.3, -0.25) is 0 Å². The van der Waals surface area contributed by atoms with Gasteiger partial charge in [-0.2, -0.15) is 0 Å². The van der Waals surface area contributed by atoms with Gasteiger partial charge in [0.1, 0.15) is 0 Å². The van der Waals surface area contributed by atoms with Crippen LogP contribution in [0.25, 0.3) is 66.7 Å². The molecule has 1 aliphatic carbocycles. The number of aryl methyl sites for hydroxylation is 1. The quantitative estimate of drug-likeness (QED) is 0.162. The standard InChI is InChI=1S/C51H42BN3/c1-5-16-35-31(2)53-47-29-38-36-21-12-14-23-43(36)54(34-19-10-7-11-20-34)45(38)30-42(47)52-41-26-25-33(51(3,4)32-17-8-6-9-18-32)27-46(41)55-44-24-15-13-22-37(44)40-28-39(35)49(53)48(52)50(40)55/h5-11,13,15-20,22,24-30H,12,14,21,23H2,1-4H3/b16-5-. The Bertz CT molecular complexity index is 3130. The Hall–Kier alpha value is -6.00. The molecule has 2 aliphatic heterocycles. The van der Waals surface area contributed by atoms with E-state index >= 15 is 0 Å². The fraction of sp³-hybridized carbons (Fsp3) is 0.176. The summed E-state index contributed by atoms with van der Waals surface area (Å²) in [6.45, 7) is 9.33. The molecule has 0 atom stereocenters. The van der Waals surface area contributed by atoms with Crippen LogP contribution in [0.1, 0.15) is 67.3 Å². The van der Waals surface area contributed by atoms with E-state index in [2.05, 4.69) is 175 Å². The fourth-order valence-corrected chi connectivity index (χ4v) is 11.0. The average molecular weight is 708 g/mol. The van der Waals surface area contributed by atoms with Crippen LogP contribution in [-0.2, 0) is 18.3 Å². The summed E-state index contributed by atoms with van der Waals surface area (Å²) in [6.07, 6.45) is 9.30. The van der Waals surface area contributed by atoms with Crippen LogP contribution in [0.5, 0.6) is 0 Å². The van der Waals surface area contributed by atoms with Crippen molar-refractivity contribution < 1.29 is 0 Å². The zero-order valence-electron chi connectivity index (χ0n) is 31.9. The fourth-order valence-electron chi connectivity index (χ4n) is 11.0. The highest BCUT2D eigenvalue weighted by molar-refractivity contribution is 7.00. The maximum absolute atomic E-state index is 2.64. The van der Waals surface area contributed by atoms with Crippen LogP contribution in [0.2, 0.25) is 0 Å². The summed E-state index contributed by atoms with van der Waals surface area (Å²) in [5, 5.41) is 5.43. The second-order valence-electron chi connectivity index (χ2n) is 16.7. The molecule has 0 fully saturated rings. The van der Waals surface area contributed by atoms with Crippen LogP contribution in [0.3, 0.4) is 0 Å². The van der Waals surface area contributed by atoms with Crippen molar-refractivity contribution in [3.05, 3.63) is 161 Å². The predicted octanol–water partition coefficient (Wildman–Crippen LogP) is 10.4. The number of hydrogen-bond donors (Lipinski definition) is 0. The first-order valence-corrected chi connectivity index (χ1v) is 20.2. The molecule has 0 saturated heterocycles. The first-order chi connectivity index (χ1) is 27.0. The van der Waals surface area contributed by atoms with E-state index in [1.807, 2.05) is 0 Å². The summed E-state index contributed by atoms with van der Waals surface area (Å²) in [7, 11) is 0. The van der Waals surface area contributed by atoms with Crippen LogP contribution in [0.15, 0.2) is 127 Å². The third-order valence-electron chi connectivity index (χ3n) is 13.6. The van der Waals surface area contributed by atoms with Crippen LogP contribution in [0, 0.1) is 6.92 Å². The Kier molecular flexibility index (Phi) is 6.30. The monoisotopic (exact) mass is 707 g/mol. The van der Waals surface area contributed by atoms with E-state index in [4.69, 9.17) is 0 Å². The number of para-hydroxylation sites is 2. The van der Waals surface area contributed by atoms with E-state index in [0.29, 0.717) is 0 Å². The van der Waals surface area contributed by atoms with Crippen molar-refractivity contribution in [1.82, 2.24) is 13.7 Å². The smallest absolute Gasteiger partial charge is 0.252 e. The van der Waals surface area contributed by atoms with Gasteiger partial charge in [-0.05, 0) is 115 Å². The first-order valence-electron chi connectivity index (χ1n) is 20.2. The lowest BCUT2D eigenvalue weighted by atomic mass is 9.34. The highest BCUT2D eigenvalue weighted by Crippen LogP contribution is 2.44. The van der Waals surface area contributed by atoms with Crippen molar-refractivity contribution in [1.29, 1.82) is 0 Å². The summed E-state index contributed by atoms with van der Waals surface area (Å²) in [5.74, 6) is 0. The van der Waals surface area contributed by atoms with E-state index in [0.717, 1.165) is 12.8 Å². The summed E-state index contributed by atoms with van der Waals surface area (Å²) < 4.78 is 7.86. The number of fused-ring (bicyclic) bond motifs is 12. The Morgan fingerprint density at radius 2 is 1.33 bits per heavy atom. The zero-order valence-corrected chi connectivity index (χ0v) is 31.9. The number of rotatable bonds is 4. The molecule has 0 spiro atoms. The summed E-state index contributed by atoms with van der Waals surface area (Å²) in [4.78, 5) is 0. The molecule has 0 saturated carbocycles. The van der Waals surface area contributed by atoms with E-state index in [1.165, 1.54) is 118 Å². The molecule has 0 bridgehead atoms. The molecule has 0 unspecified atom stereocenters. The Balaban J connectivity index is 1.26. The van der Waals surface area contributed by atoms with Crippen LogP contribution >= 0.6 is 0 Å². The van der Waals surface area contributed by atoms with Crippen LogP contribution in [-0.4, -0.2) is 20.4 Å². The number of benzene rings is 6. The minimum Gasteiger partial charge on any atom is -0.314 e. The minimum absolute atomic E-state index is 0.0858. The highest BCUT2D eigenvalue weighted by Gasteiger charge is 2.42. The van der Waals surface area contributed by atoms with Crippen LogP contribution < -0.4 is 16.4 Å². The molecule has 264 valence electrons. The van der Waals surface area contributed by atoms with Crippen molar-refractivity contribution in [3.8, 4) is 17.1 Å². The molecule has 3 aromatic heterocycles. The molecule has 3 nitrogen and oxygen atoms in total. The van der Waals surface area contributed by atoms with Crippen molar-refractivity contribution in [2.24, 2.45) is 0 Å². The maximum atomic E-state index is 2.64. The maximum Gasteiger partial charge on any atom is 0.252 e. The lowest BCUT2D eigenvalue weighted by Crippen LogP contribution is -2.59. The van der Waals surface area contributed by atoms with Crippen molar-refractivity contribution >= 4 is 72.8 Å². The van der Waals surface area contributed by atoms with Gasteiger partial charge in [0.25, 0.3) is 6.71 Å². The molecule has 9 aromatic rings. The van der Waals surface area contributed by atoms with Gasteiger partial charge in [-0.1, -0.05) is 105 Å². The summed E-state index contributed by atoms with van der Waals surface area (Å²) >= 11 is 0. The van der Waals surface area contributed by atoms with E-state index in [1.54, 1.807) is 5.56 Å². The Morgan fingerprint density at radius 3 is 2.15 bits per heavy atom. The molecule has 0 N–H and O–H groups in total. The van der Waals surface area contributed by atoms with Gasteiger partial charge >= 0.3 is 0 Å². The molecule has 12 rings (SSSR count). The second-order valence-corrected chi connectivity index (χ2v) is 16.7. The summed E-state index contributed by atoms with van der Waals surface area (Å²) in [5.41, 5.74) is 21.7. The van der Waals surface area contributed by atoms with E-state index in [-0.39, 0.29) is 12.1 Å². The first kappa shape index (κ1) is 31.4. The van der Waals surface area contributed by atoms with Gasteiger partial charge in [0.05, 0.1) is 22.1 Å². The number of aromatic nitrogens is 3. The highest BCUT2D eigenvalue weighted by atomic mass is 15.0. The molecule has 0 radical (unpaired) electrons. The molecular formula is C51H42BN3. The lowest BCUT2D eigenvalue weighted by Gasteiger charge is -2.35. The molecule has 5 heterocycles. The van der Waals surface area contributed by atoms with Gasteiger partial charge in [0, 0.05) is 61.0 Å². The number of allylic oxidation sites excluding steroid dienone is 1. The van der Waals surface area contributed by atoms with Crippen molar-refractivity contribution in [2.75, 3.05) is 0 Å². The predicted molar refractivity (Wildman–Crippen MR) is 234 cm³/mol. The van der Waals surface area contributed by atoms with E-state index in [9.17, 15) is 0 Å². The molecule has 6 aromatic carbocycles. The van der Waals surface area contributed by atoms with Crippen molar-refractivity contribution in [3.63, 3.8) is 0 Å². The molecular weight excluding hydrogens is 665 g/mol. The molecule has 0 amide bonds. The van der Waals surface area contributed by atoms with Gasteiger partial charge in [-0.25, -0.2) is 0 Å². The Labute approximate surface area is 322 Å². The van der Waals surface area contributed by atoms with Gasteiger partial charge in [-0.15, -0.1) is 0 Å². The summed E-state index contributed by atoms with van der Waals surface area (Å²) in [6, 6.07) is 46.3. The topological polar surface area (TPSA) is 14.8 Å². The van der Waals surface area contributed by atoms with Crippen molar-refractivity contribution in [2.45, 2.75) is 58.8 Å². The van der Waals surface area contributed by atoms with Gasteiger partial charge in [0.2, 0.25) is 0 Å². The molecule has 3 aliphatic rings. The van der Waals surface area contributed by atoms with Gasteiger partial charge in [0.15, 0.2) is 0 Å². The SMILES string of the molecule is C/C=C\c1c(C)n2c3c4c5c(cc13)c1ccccc1n5-c1cc(C(C)(C)c3ccccc3)ccc1B4c1cc3c(cc1-2)c1c(n3-c2ccccc2)CCCC1. The average Bonchev–Trinajstić information content (AvgIpc) is 3.84. The third kappa shape index (κ3) is 3.97. The van der Waals surface area contributed by atoms with E-state index < -0.39 is 0 Å². The number of hydrogen-bond acceptors (Lipinski definition) is 0. The second kappa shape index (κ2) is 11.0. The van der Waals surface area contributed by atoms with Crippen LogP contribution in [0.4, 0.5) is 0 Å².